The number of nitrogens with one attached hydrogen (secondary N) is 1. The summed E-state index contributed by atoms with van der Waals surface area (Å²) in [5.41, 5.74) is 0.943. The van der Waals surface area contributed by atoms with Crippen molar-refractivity contribution >= 4 is 6.09 Å². The summed E-state index contributed by atoms with van der Waals surface area (Å²) in [7, 11) is 0. The molecule has 0 saturated heterocycles. The molecule has 1 unspecified atom stereocenters. The van der Waals surface area contributed by atoms with Crippen LogP contribution in [0.4, 0.5) is 4.79 Å². The third kappa shape index (κ3) is 2.18. The van der Waals surface area contributed by atoms with E-state index in [2.05, 4.69) is 31.2 Å². The molecule has 0 aliphatic carbocycles. The summed E-state index contributed by atoms with van der Waals surface area (Å²) in [5, 5.41) is 7.10. The van der Waals surface area contributed by atoms with E-state index >= 15 is 0 Å². The third-order valence-electron chi connectivity index (χ3n) is 2.34. The summed E-state index contributed by atoms with van der Waals surface area (Å²) in [6.45, 7) is 9.11. The van der Waals surface area contributed by atoms with Gasteiger partial charge in [-0.3, -0.25) is 4.68 Å². The number of aromatic nitrogens is 2. The van der Waals surface area contributed by atoms with E-state index in [-0.39, 0.29) is 11.5 Å². The van der Waals surface area contributed by atoms with Crippen molar-refractivity contribution in [3.63, 3.8) is 0 Å². The molecule has 2 heterocycles. The van der Waals surface area contributed by atoms with Gasteiger partial charge >= 0.3 is 6.09 Å². The van der Waals surface area contributed by atoms with Gasteiger partial charge in [0.1, 0.15) is 5.69 Å². The van der Waals surface area contributed by atoms with Crippen molar-refractivity contribution in [1.29, 1.82) is 0 Å². The molecule has 0 aromatic carbocycles. The molecule has 5 heteroatoms. The first-order chi connectivity index (χ1) is 7.35. The molecule has 1 aromatic rings. The van der Waals surface area contributed by atoms with Crippen molar-refractivity contribution in [2.75, 3.05) is 0 Å². The smallest absolute Gasteiger partial charge is 0.407 e. The average molecular weight is 223 g/mol. The minimum atomic E-state index is -0.407. The topological polar surface area (TPSA) is 56.1 Å². The molecule has 1 aromatic heterocycles. The molecule has 1 aliphatic heterocycles. The molecule has 1 aliphatic rings. The van der Waals surface area contributed by atoms with Gasteiger partial charge in [0, 0.05) is 6.54 Å². The Morgan fingerprint density at radius 1 is 1.56 bits per heavy atom. The highest BCUT2D eigenvalue weighted by Gasteiger charge is 2.27. The minimum Gasteiger partial charge on any atom is -0.407 e. The molecule has 2 rings (SSSR count). The molecule has 5 nitrogen and oxygen atoms in total. The first-order valence-corrected chi connectivity index (χ1v) is 5.41. The maximum absolute atomic E-state index is 11.2. The number of fused-ring (bicyclic) bond motifs is 1. The highest BCUT2D eigenvalue weighted by atomic mass is 16.6. The zero-order valence-electron chi connectivity index (χ0n) is 10.1. The molecule has 0 fully saturated rings. The number of rotatable bonds is 1. The van der Waals surface area contributed by atoms with Crippen LogP contribution in [0.25, 0.3) is 0 Å². The van der Waals surface area contributed by atoms with E-state index in [1.807, 2.05) is 11.6 Å². The van der Waals surface area contributed by atoms with Gasteiger partial charge in [-0.15, -0.1) is 0 Å². The predicted octanol–water partition coefficient (Wildman–Crippen LogP) is 2.09. The van der Waals surface area contributed by atoms with Crippen LogP contribution in [-0.2, 0) is 6.54 Å². The lowest BCUT2D eigenvalue weighted by Crippen LogP contribution is -2.34. The van der Waals surface area contributed by atoms with Crippen LogP contribution in [0.1, 0.15) is 39.4 Å². The quantitative estimate of drug-likeness (QED) is 0.793. The maximum Gasteiger partial charge on any atom is 0.413 e. The fraction of sp³-hybridized carbons (Fsp3) is 0.636. The van der Waals surface area contributed by atoms with Crippen molar-refractivity contribution in [3.8, 4) is 5.75 Å². The maximum atomic E-state index is 11.2. The number of hydrogen-bond acceptors (Lipinski definition) is 3. The fourth-order valence-electron chi connectivity index (χ4n) is 1.74. The van der Waals surface area contributed by atoms with Crippen molar-refractivity contribution in [2.45, 2.75) is 40.3 Å². The molecule has 0 saturated carbocycles. The normalized spacial score (nSPS) is 20.0. The van der Waals surface area contributed by atoms with E-state index in [9.17, 15) is 4.79 Å². The molecule has 1 atom stereocenters. The van der Waals surface area contributed by atoms with E-state index in [1.165, 1.54) is 0 Å². The summed E-state index contributed by atoms with van der Waals surface area (Å²) < 4.78 is 6.90. The van der Waals surface area contributed by atoms with Gasteiger partial charge in [-0.1, -0.05) is 20.8 Å². The zero-order valence-corrected chi connectivity index (χ0v) is 10.1. The van der Waals surface area contributed by atoms with Gasteiger partial charge in [0.15, 0.2) is 5.75 Å². The van der Waals surface area contributed by atoms with Crippen LogP contribution in [0.5, 0.6) is 5.75 Å². The van der Waals surface area contributed by atoms with E-state index in [1.54, 1.807) is 6.20 Å². The van der Waals surface area contributed by atoms with Crippen LogP contribution >= 0.6 is 0 Å². The molecule has 88 valence electrons. The van der Waals surface area contributed by atoms with E-state index in [0.29, 0.717) is 5.75 Å². The van der Waals surface area contributed by atoms with Crippen LogP contribution in [0, 0.1) is 5.41 Å². The number of ether oxygens (including phenoxy) is 1. The highest BCUT2D eigenvalue weighted by molar-refractivity contribution is 5.73. The number of nitrogens with zero attached hydrogens (tertiary/aromatic N) is 2. The Labute approximate surface area is 94.8 Å². The average Bonchev–Trinajstić information content (AvgIpc) is 2.43. The third-order valence-corrected chi connectivity index (χ3v) is 2.34. The number of amides is 1. The molecule has 0 bridgehead atoms. The monoisotopic (exact) mass is 223 g/mol. The summed E-state index contributed by atoms with van der Waals surface area (Å²) >= 11 is 0. The van der Waals surface area contributed by atoms with Gasteiger partial charge < -0.3 is 10.1 Å². The second-order valence-electron chi connectivity index (χ2n) is 5.39. The Hall–Kier alpha value is -1.52. The summed E-state index contributed by atoms with van der Waals surface area (Å²) in [6.07, 6.45) is 1.38. The lowest BCUT2D eigenvalue weighted by atomic mass is 9.97. The summed E-state index contributed by atoms with van der Waals surface area (Å²) in [4.78, 5) is 11.2. The SMILES string of the molecule is CC1NC(=O)Oc2cn(CC(C)(C)C)nc21. The van der Waals surface area contributed by atoms with Gasteiger partial charge in [-0.25, -0.2) is 4.79 Å². The Bertz CT molecular complexity index is 417. The van der Waals surface area contributed by atoms with Gasteiger partial charge in [0.05, 0.1) is 12.2 Å². The molecule has 16 heavy (non-hydrogen) atoms. The lowest BCUT2D eigenvalue weighted by molar-refractivity contribution is 0.189. The van der Waals surface area contributed by atoms with Gasteiger partial charge in [0.25, 0.3) is 0 Å². The molecular weight excluding hydrogens is 206 g/mol. The first kappa shape index (κ1) is 11.0. The van der Waals surface area contributed by atoms with Crippen molar-refractivity contribution in [2.24, 2.45) is 5.41 Å². The largest absolute Gasteiger partial charge is 0.413 e. The van der Waals surface area contributed by atoms with Crippen LogP contribution in [0.3, 0.4) is 0 Å². The second kappa shape index (κ2) is 3.50. The lowest BCUT2D eigenvalue weighted by Gasteiger charge is -2.18. The van der Waals surface area contributed by atoms with Crippen LogP contribution < -0.4 is 10.1 Å². The Morgan fingerprint density at radius 2 is 2.25 bits per heavy atom. The van der Waals surface area contributed by atoms with Gasteiger partial charge in [-0.05, 0) is 12.3 Å². The second-order valence-corrected chi connectivity index (χ2v) is 5.39. The van der Waals surface area contributed by atoms with Gasteiger partial charge in [-0.2, -0.15) is 5.10 Å². The first-order valence-electron chi connectivity index (χ1n) is 5.41. The van der Waals surface area contributed by atoms with Crippen LogP contribution in [0.15, 0.2) is 6.20 Å². The minimum absolute atomic E-state index is 0.0857. The van der Waals surface area contributed by atoms with Gasteiger partial charge in [0.2, 0.25) is 0 Å². The number of carbonyl (C=O) groups is 1. The summed E-state index contributed by atoms with van der Waals surface area (Å²) in [5.74, 6) is 0.570. The predicted molar refractivity (Wildman–Crippen MR) is 59.3 cm³/mol. The van der Waals surface area contributed by atoms with E-state index in [0.717, 1.165) is 12.2 Å². The molecule has 1 N–H and O–H groups in total. The van der Waals surface area contributed by atoms with Crippen molar-refractivity contribution < 1.29 is 9.53 Å². The Kier molecular flexibility index (Phi) is 2.40. The standard InChI is InChI=1S/C11H17N3O2/c1-7-9-8(16-10(15)12-7)5-14(13-9)6-11(2,3)4/h5,7H,6H2,1-4H3,(H,12,15). The zero-order chi connectivity index (χ0) is 11.9. The van der Waals surface area contributed by atoms with E-state index in [4.69, 9.17) is 4.74 Å². The Morgan fingerprint density at radius 3 is 2.88 bits per heavy atom. The summed E-state index contributed by atoms with van der Waals surface area (Å²) in [6, 6.07) is -0.0857. The molecular formula is C11H17N3O2. The van der Waals surface area contributed by atoms with Crippen molar-refractivity contribution in [3.05, 3.63) is 11.9 Å². The van der Waals surface area contributed by atoms with E-state index < -0.39 is 6.09 Å². The van der Waals surface area contributed by atoms with Crippen LogP contribution in [0.2, 0.25) is 0 Å². The fourth-order valence-corrected chi connectivity index (χ4v) is 1.74. The highest BCUT2D eigenvalue weighted by Crippen LogP contribution is 2.28. The Balaban J connectivity index is 2.26. The van der Waals surface area contributed by atoms with Crippen molar-refractivity contribution in [1.82, 2.24) is 15.1 Å². The number of hydrogen-bond donors (Lipinski definition) is 1. The number of carbonyl (C=O) groups excluding carboxylic acids is 1. The molecule has 0 radical (unpaired) electrons. The molecule has 0 spiro atoms. The van der Waals surface area contributed by atoms with Crippen LogP contribution in [-0.4, -0.2) is 15.9 Å². The molecule has 1 amide bonds.